The van der Waals surface area contributed by atoms with Crippen molar-refractivity contribution in [2.24, 2.45) is 0 Å². The molecular weight excluding hydrogens is 164 g/mol. The predicted octanol–water partition coefficient (Wildman–Crippen LogP) is 2.60. The first-order valence-electron chi connectivity index (χ1n) is 4.39. The highest BCUT2D eigenvalue weighted by molar-refractivity contribution is 5.95. The highest BCUT2D eigenvalue weighted by atomic mass is 16.5. The third-order valence-corrected chi connectivity index (χ3v) is 1.89. The Labute approximate surface area is 78.5 Å². The number of aryl methyl sites for hydroxylation is 1. The molecule has 0 aliphatic heterocycles. The van der Waals surface area contributed by atoms with Gasteiger partial charge in [-0.05, 0) is 44.5 Å². The molecule has 0 spiro atoms. The first-order chi connectivity index (χ1) is 6.15. The number of hydrogen-bond acceptors (Lipinski definition) is 2. The zero-order chi connectivity index (χ0) is 9.84. The van der Waals surface area contributed by atoms with E-state index in [1.165, 1.54) is 0 Å². The van der Waals surface area contributed by atoms with Crippen molar-refractivity contribution in [2.75, 3.05) is 6.61 Å². The molecule has 2 nitrogen and oxygen atoms in total. The number of carbonyl (C=O) groups excluding carboxylic acids is 1. The minimum absolute atomic E-state index is 0.0977. The van der Waals surface area contributed by atoms with Gasteiger partial charge in [-0.2, -0.15) is 0 Å². The van der Waals surface area contributed by atoms with Gasteiger partial charge in [0.25, 0.3) is 0 Å². The number of ketones is 1. The number of hydrogen-bond donors (Lipinski definition) is 0. The zero-order valence-electron chi connectivity index (χ0n) is 8.26. The van der Waals surface area contributed by atoms with Crippen molar-refractivity contribution in [3.05, 3.63) is 29.3 Å². The van der Waals surface area contributed by atoms with Crippen LogP contribution >= 0.6 is 0 Å². The summed E-state index contributed by atoms with van der Waals surface area (Å²) >= 11 is 0. The van der Waals surface area contributed by atoms with Crippen LogP contribution in [0.1, 0.15) is 29.8 Å². The van der Waals surface area contributed by atoms with Crippen LogP contribution in [0.25, 0.3) is 0 Å². The van der Waals surface area contributed by atoms with E-state index < -0.39 is 0 Å². The molecule has 0 aliphatic carbocycles. The highest BCUT2D eigenvalue weighted by Gasteiger charge is 2.04. The Morgan fingerprint density at radius 1 is 1.46 bits per heavy atom. The lowest BCUT2D eigenvalue weighted by Crippen LogP contribution is -1.97. The summed E-state index contributed by atoms with van der Waals surface area (Å²) in [6.45, 7) is 6.08. The number of ether oxygens (including phenoxy) is 1. The summed E-state index contributed by atoms with van der Waals surface area (Å²) < 4.78 is 5.31. The van der Waals surface area contributed by atoms with E-state index >= 15 is 0 Å². The van der Waals surface area contributed by atoms with Gasteiger partial charge in [0.05, 0.1) is 6.61 Å². The van der Waals surface area contributed by atoms with Crippen LogP contribution in [0.3, 0.4) is 0 Å². The SMILES string of the molecule is CCOc1ccc(C(C)=O)c(C)c1. The summed E-state index contributed by atoms with van der Waals surface area (Å²) in [6.07, 6.45) is 0. The molecule has 0 radical (unpaired) electrons. The average Bonchev–Trinajstić information content (AvgIpc) is 2.04. The molecule has 0 heterocycles. The fraction of sp³-hybridized carbons (Fsp3) is 0.364. The number of benzene rings is 1. The van der Waals surface area contributed by atoms with Gasteiger partial charge in [0.15, 0.2) is 5.78 Å². The van der Waals surface area contributed by atoms with Crippen LogP contribution in [0.15, 0.2) is 18.2 Å². The van der Waals surface area contributed by atoms with Crippen LogP contribution in [0.5, 0.6) is 5.75 Å². The Kier molecular flexibility index (Phi) is 3.07. The first kappa shape index (κ1) is 9.78. The van der Waals surface area contributed by atoms with Crippen molar-refractivity contribution in [3.63, 3.8) is 0 Å². The van der Waals surface area contributed by atoms with E-state index in [1.807, 2.05) is 32.0 Å². The Bertz CT molecular complexity index is 316. The Balaban J connectivity index is 2.98. The molecule has 0 amide bonds. The lowest BCUT2D eigenvalue weighted by atomic mass is 10.1. The van der Waals surface area contributed by atoms with E-state index in [1.54, 1.807) is 6.92 Å². The molecule has 70 valence electrons. The minimum atomic E-state index is 0.0977. The Morgan fingerprint density at radius 2 is 2.15 bits per heavy atom. The molecule has 0 N–H and O–H groups in total. The maximum absolute atomic E-state index is 11.1. The predicted molar refractivity (Wildman–Crippen MR) is 52.4 cm³/mol. The van der Waals surface area contributed by atoms with Gasteiger partial charge in [0, 0.05) is 5.56 Å². The van der Waals surface area contributed by atoms with E-state index in [-0.39, 0.29) is 5.78 Å². The van der Waals surface area contributed by atoms with Crippen LogP contribution < -0.4 is 4.74 Å². The average molecular weight is 178 g/mol. The third-order valence-electron chi connectivity index (χ3n) is 1.89. The molecule has 0 saturated carbocycles. The molecule has 0 bridgehead atoms. The van der Waals surface area contributed by atoms with Gasteiger partial charge in [0.2, 0.25) is 0 Å². The second kappa shape index (κ2) is 4.08. The van der Waals surface area contributed by atoms with Crippen LogP contribution in [-0.2, 0) is 0 Å². The van der Waals surface area contributed by atoms with Gasteiger partial charge in [-0.15, -0.1) is 0 Å². The van der Waals surface area contributed by atoms with Gasteiger partial charge in [-0.3, -0.25) is 4.79 Å². The Morgan fingerprint density at radius 3 is 2.62 bits per heavy atom. The molecule has 1 aromatic carbocycles. The molecule has 0 aromatic heterocycles. The third kappa shape index (κ3) is 2.31. The van der Waals surface area contributed by atoms with E-state index in [4.69, 9.17) is 4.74 Å². The summed E-state index contributed by atoms with van der Waals surface area (Å²) in [7, 11) is 0. The van der Waals surface area contributed by atoms with Gasteiger partial charge in [-0.25, -0.2) is 0 Å². The summed E-state index contributed by atoms with van der Waals surface area (Å²) in [6, 6.07) is 5.52. The van der Waals surface area contributed by atoms with Crippen molar-refractivity contribution in [1.82, 2.24) is 0 Å². The van der Waals surface area contributed by atoms with Crippen LogP contribution in [0.2, 0.25) is 0 Å². The maximum Gasteiger partial charge on any atom is 0.160 e. The standard InChI is InChI=1S/C11H14O2/c1-4-13-10-5-6-11(9(3)12)8(2)7-10/h5-7H,4H2,1-3H3. The van der Waals surface area contributed by atoms with Gasteiger partial charge in [-0.1, -0.05) is 0 Å². The molecule has 0 aliphatic rings. The number of carbonyl (C=O) groups is 1. The normalized spacial score (nSPS) is 9.77. The van der Waals surface area contributed by atoms with Crippen LogP contribution in [0, 0.1) is 6.92 Å². The molecule has 1 rings (SSSR count). The van der Waals surface area contributed by atoms with Crippen molar-refractivity contribution in [3.8, 4) is 5.75 Å². The summed E-state index contributed by atoms with van der Waals surface area (Å²) in [5.41, 5.74) is 1.74. The van der Waals surface area contributed by atoms with Crippen molar-refractivity contribution in [2.45, 2.75) is 20.8 Å². The molecule has 0 atom stereocenters. The monoisotopic (exact) mass is 178 g/mol. The Hall–Kier alpha value is -1.31. The molecule has 1 aromatic rings. The largest absolute Gasteiger partial charge is 0.494 e. The fourth-order valence-electron chi connectivity index (χ4n) is 1.29. The zero-order valence-corrected chi connectivity index (χ0v) is 8.26. The minimum Gasteiger partial charge on any atom is -0.494 e. The molecule has 0 unspecified atom stereocenters. The topological polar surface area (TPSA) is 26.3 Å². The first-order valence-corrected chi connectivity index (χ1v) is 4.39. The number of Topliss-reactive ketones (excluding diaryl/α,β-unsaturated/α-hetero) is 1. The molecule has 0 fully saturated rings. The second-order valence-electron chi connectivity index (χ2n) is 2.97. The molecule has 13 heavy (non-hydrogen) atoms. The van der Waals surface area contributed by atoms with E-state index in [9.17, 15) is 4.79 Å². The summed E-state index contributed by atoms with van der Waals surface area (Å²) in [5.74, 6) is 0.922. The maximum atomic E-state index is 11.1. The highest BCUT2D eigenvalue weighted by Crippen LogP contribution is 2.17. The lowest BCUT2D eigenvalue weighted by molar-refractivity contribution is 0.101. The van der Waals surface area contributed by atoms with Gasteiger partial charge >= 0.3 is 0 Å². The molecule has 2 heteroatoms. The van der Waals surface area contributed by atoms with E-state index in [2.05, 4.69) is 0 Å². The molecule has 0 saturated heterocycles. The van der Waals surface area contributed by atoms with Crippen molar-refractivity contribution in [1.29, 1.82) is 0 Å². The fourth-order valence-corrected chi connectivity index (χ4v) is 1.29. The van der Waals surface area contributed by atoms with Crippen molar-refractivity contribution < 1.29 is 9.53 Å². The van der Waals surface area contributed by atoms with Crippen LogP contribution in [-0.4, -0.2) is 12.4 Å². The summed E-state index contributed by atoms with van der Waals surface area (Å²) in [4.78, 5) is 11.1. The van der Waals surface area contributed by atoms with E-state index in [0.29, 0.717) is 6.61 Å². The summed E-state index contributed by atoms with van der Waals surface area (Å²) in [5, 5.41) is 0. The van der Waals surface area contributed by atoms with Gasteiger partial charge in [0.1, 0.15) is 5.75 Å². The van der Waals surface area contributed by atoms with Crippen molar-refractivity contribution >= 4 is 5.78 Å². The second-order valence-corrected chi connectivity index (χ2v) is 2.97. The van der Waals surface area contributed by atoms with E-state index in [0.717, 1.165) is 16.9 Å². The smallest absolute Gasteiger partial charge is 0.160 e. The quantitative estimate of drug-likeness (QED) is 0.665. The van der Waals surface area contributed by atoms with Crippen LogP contribution in [0.4, 0.5) is 0 Å². The lowest BCUT2D eigenvalue weighted by Gasteiger charge is -2.06. The molecular formula is C11H14O2. The van der Waals surface area contributed by atoms with Gasteiger partial charge < -0.3 is 4.74 Å². The number of rotatable bonds is 3.